The second kappa shape index (κ2) is 14.5. The molecule has 0 saturated carbocycles. The molecule has 0 atom stereocenters. The summed E-state index contributed by atoms with van der Waals surface area (Å²) in [6, 6.07) is 9.57. The first-order chi connectivity index (χ1) is 15.1. The van der Waals surface area contributed by atoms with Crippen LogP contribution in [0.15, 0.2) is 35.3 Å². The van der Waals surface area contributed by atoms with Crippen LogP contribution in [0.2, 0.25) is 0 Å². The molecule has 0 bridgehead atoms. The van der Waals surface area contributed by atoms with Gasteiger partial charge in [0.25, 0.3) is 0 Å². The summed E-state index contributed by atoms with van der Waals surface area (Å²) >= 11 is 0. The number of hydrogen-bond acceptors (Lipinski definition) is 6. The summed E-state index contributed by atoms with van der Waals surface area (Å²) in [5, 5.41) is 6.63. The number of halogens is 1. The van der Waals surface area contributed by atoms with Gasteiger partial charge in [-0.3, -0.25) is 0 Å². The third-order valence-corrected chi connectivity index (χ3v) is 4.72. The average Bonchev–Trinajstić information content (AvgIpc) is 2.81. The molecule has 0 aliphatic carbocycles. The maximum atomic E-state index is 5.56. The van der Waals surface area contributed by atoms with Crippen molar-refractivity contribution in [2.45, 2.75) is 19.9 Å². The van der Waals surface area contributed by atoms with Crippen LogP contribution in [0.4, 0.5) is 0 Å². The highest BCUT2D eigenvalue weighted by atomic mass is 127. The van der Waals surface area contributed by atoms with E-state index >= 15 is 0 Å². The number of nitrogens with zero attached hydrogens (tertiary/aromatic N) is 1. The van der Waals surface area contributed by atoms with Crippen molar-refractivity contribution in [2.75, 3.05) is 48.6 Å². The fourth-order valence-corrected chi connectivity index (χ4v) is 3.16. The molecule has 2 aromatic carbocycles. The summed E-state index contributed by atoms with van der Waals surface area (Å²) in [5.74, 6) is 4.12. The van der Waals surface area contributed by atoms with Crippen molar-refractivity contribution in [3.63, 3.8) is 0 Å². The van der Waals surface area contributed by atoms with Crippen LogP contribution >= 0.6 is 24.0 Å². The minimum atomic E-state index is 0. The van der Waals surface area contributed by atoms with E-state index < -0.39 is 0 Å². The lowest BCUT2D eigenvalue weighted by Gasteiger charge is -2.17. The minimum absolute atomic E-state index is 0. The van der Waals surface area contributed by atoms with Crippen molar-refractivity contribution in [3.8, 4) is 28.7 Å². The monoisotopic (exact) mass is 559 g/mol. The summed E-state index contributed by atoms with van der Waals surface area (Å²) in [4.78, 5) is 4.68. The Morgan fingerprint density at radius 2 is 1.47 bits per heavy atom. The Balaban J connectivity index is 0.00000512. The molecule has 2 N–H and O–H groups in total. The zero-order valence-electron chi connectivity index (χ0n) is 19.6. The third-order valence-electron chi connectivity index (χ3n) is 4.72. The molecule has 9 heteroatoms. The van der Waals surface area contributed by atoms with E-state index in [9.17, 15) is 0 Å². The van der Waals surface area contributed by atoms with Crippen LogP contribution in [0.1, 0.15) is 18.1 Å². The van der Waals surface area contributed by atoms with Crippen LogP contribution < -0.4 is 34.3 Å². The van der Waals surface area contributed by atoms with E-state index in [0.29, 0.717) is 30.3 Å². The quantitative estimate of drug-likeness (QED) is 0.247. The molecule has 178 valence electrons. The van der Waals surface area contributed by atoms with Crippen molar-refractivity contribution < 1.29 is 23.7 Å². The average molecular weight is 559 g/mol. The van der Waals surface area contributed by atoms with E-state index in [0.717, 1.165) is 41.6 Å². The molecule has 8 nitrogen and oxygen atoms in total. The number of benzene rings is 2. The number of ether oxygens (including phenoxy) is 5. The highest BCUT2D eigenvalue weighted by Gasteiger charge is 2.15. The highest BCUT2D eigenvalue weighted by Crippen LogP contribution is 2.39. The van der Waals surface area contributed by atoms with Crippen LogP contribution in [0.3, 0.4) is 0 Å². The second-order valence-electron chi connectivity index (χ2n) is 6.54. The van der Waals surface area contributed by atoms with E-state index in [1.165, 1.54) is 0 Å². The van der Waals surface area contributed by atoms with Gasteiger partial charge in [-0.1, -0.05) is 6.07 Å². The van der Waals surface area contributed by atoms with Gasteiger partial charge in [-0.15, -0.1) is 24.0 Å². The standard InChI is InChI=1S/C23H33N3O5.HI/c1-7-24-23(26-15-17-8-10-18(27-2)14-20(17)29-4)25-13-12-16-9-11-19(28-3)22(31-6)21(16)30-5;/h8-11,14H,7,12-13,15H2,1-6H3,(H2,24,25,26);1H. The Morgan fingerprint density at radius 3 is 2.06 bits per heavy atom. The molecule has 0 unspecified atom stereocenters. The normalized spacial score (nSPS) is 10.6. The highest BCUT2D eigenvalue weighted by molar-refractivity contribution is 14.0. The molecular weight excluding hydrogens is 525 g/mol. The predicted octanol–water partition coefficient (Wildman–Crippen LogP) is 3.65. The van der Waals surface area contributed by atoms with E-state index in [-0.39, 0.29) is 24.0 Å². The summed E-state index contributed by atoms with van der Waals surface area (Å²) < 4.78 is 27.1. The molecular formula is C23H34IN3O5. The zero-order chi connectivity index (χ0) is 22.6. The lowest BCUT2D eigenvalue weighted by Crippen LogP contribution is -2.38. The summed E-state index contributed by atoms with van der Waals surface area (Å²) in [7, 11) is 8.11. The Kier molecular flexibility index (Phi) is 12.4. The molecule has 0 heterocycles. The predicted molar refractivity (Wildman–Crippen MR) is 138 cm³/mol. The molecule has 0 saturated heterocycles. The number of hydrogen-bond donors (Lipinski definition) is 2. The molecule has 0 amide bonds. The van der Waals surface area contributed by atoms with E-state index in [2.05, 4.69) is 15.6 Å². The largest absolute Gasteiger partial charge is 0.497 e. The number of rotatable bonds is 11. The molecule has 0 spiro atoms. The van der Waals surface area contributed by atoms with Gasteiger partial charge in [0.1, 0.15) is 11.5 Å². The number of methoxy groups -OCH3 is 5. The third kappa shape index (κ3) is 7.25. The maximum absolute atomic E-state index is 5.56. The molecule has 32 heavy (non-hydrogen) atoms. The fraction of sp³-hybridized carbons (Fsp3) is 0.435. The summed E-state index contributed by atoms with van der Waals surface area (Å²) in [6.07, 6.45) is 0.722. The van der Waals surface area contributed by atoms with Crippen molar-refractivity contribution >= 4 is 29.9 Å². The van der Waals surface area contributed by atoms with Crippen molar-refractivity contribution in [1.82, 2.24) is 10.6 Å². The molecule has 0 aliphatic rings. The first-order valence-electron chi connectivity index (χ1n) is 10.1. The SMILES string of the molecule is CCNC(=NCc1ccc(OC)cc1OC)NCCc1ccc(OC)c(OC)c1OC.I. The molecule has 0 radical (unpaired) electrons. The zero-order valence-corrected chi connectivity index (χ0v) is 21.9. The van der Waals surface area contributed by atoms with E-state index in [4.69, 9.17) is 23.7 Å². The van der Waals surface area contributed by atoms with Gasteiger partial charge >= 0.3 is 0 Å². The summed E-state index contributed by atoms with van der Waals surface area (Å²) in [6.45, 7) is 3.92. The maximum Gasteiger partial charge on any atom is 0.203 e. The van der Waals surface area contributed by atoms with Gasteiger partial charge in [0.05, 0.1) is 42.1 Å². The van der Waals surface area contributed by atoms with Crippen LogP contribution in [0.25, 0.3) is 0 Å². The van der Waals surface area contributed by atoms with Crippen LogP contribution in [0.5, 0.6) is 28.7 Å². The minimum Gasteiger partial charge on any atom is -0.497 e. The van der Waals surface area contributed by atoms with E-state index in [1.54, 1.807) is 35.5 Å². The van der Waals surface area contributed by atoms with Gasteiger partial charge in [-0.25, -0.2) is 4.99 Å². The Morgan fingerprint density at radius 1 is 0.781 bits per heavy atom. The number of guanidine groups is 1. The Hall–Kier alpha value is -2.56. The molecule has 0 fully saturated rings. The first-order valence-corrected chi connectivity index (χ1v) is 10.1. The number of nitrogens with one attached hydrogen (secondary N) is 2. The second-order valence-corrected chi connectivity index (χ2v) is 6.54. The van der Waals surface area contributed by atoms with Crippen molar-refractivity contribution in [1.29, 1.82) is 0 Å². The molecule has 2 rings (SSSR count). The number of aliphatic imine (C=N–C) groups is 1. The Labute approximate surface area is 207 Å². The van der Waals surface area contributed by atoms with Crippen LogP contribution in [0, 0.1) is 0 Å². The van der Waals surface area contributed by atoms with Gasteiger partial charge in [-0.05, 0) is 31.5 Å². The molecule has 0 aromatic heterocycles. The lowest BCUT2D eigenvalue weighted by molar-refractivity contribution is 0.322. The van der Waals surface area contributed by atoms with Gasteiger partial charge in [0, 0.05) is 30.3 Å². The topological polar surface area (TPSA) is 82.6 Å². The first kappa shape index (κ1) is 27.5. The van der Waals surface area contributed by atoms with E-state index in [1.807, 2.05) is 37.3 Å². The van der Waals surface area contributed by atoms with Gasteiger partial charge in [0.15, 0.2) is 17.5 Å². The smallest absolute Gasteiger partial charge is 0.203 e. The molecule has 0 aliphatic heterocycles. The fourth-order valence-electron chi connectivity index (χ4n) is 3.16. The van der Waals surface area contributed by atoms with Gasteiger partial charge in [0.2, 0.25) is 5.75 Å². The van der Waals surface area contributed by atoms with Crippen molar-refractivity contribution in [3.05, 3.63) is 41.5 Å². The van der Waals surface area contributed by atoms with Gasteiger partial charge < -0.3 is 34.3 Å². The summed E-state index contributed by atoms with van der Waals surface area (Å²) in [5.41, 5.74) is 1.99. The lowest BCUT2D eigenvalue weighted by atomic mass is 10.1. The Bertz CT molecular complexity index is 877. The van der Waals surface area contributed by atoms with Crippen LogP contribution in [-0.4, -0.2) is 54.6 Å². The molecule has 2 aromatic rings. The van der Waals surface area contributed by atoms with Crippen molar-refractivity contribution in [2.24, 2.45) is 4.99 Å². The van der Waals surface area contributed by atoms with Crippen LogP contribution in [-0.2, 0) is 13.0 Å². The van der Waals surface area contributed by atoms with Gasteiger partial charge in [-0.2, -0.15) is 0 Å².